The fourth-order valence-electron chi connectivity index (χ4n) is 1.72. The van der Waals surface area contributed by atoms with Crippen molar-refractivity contribution < 1.29 is 4.79 Å². The number of aromatic nitrogens is 2. The summed E-state index contributed by atoms with van der Waals surface area (Å²) >= 11 is 0. The summed E-state index contributed by atoms with van der Waals surface area (Å²) in [6.45, 7) is 6.32. The summed E-state index contributed by atoms with van der Waals surface area (Å²) in [4.78, 5) is 11.8. The van der Waals surface area contributed by atoms with Crippen LogP contribution in [0.3, 0.4) is 0 Å². The molecule has 16 heavy (non-hydrogen) atoms. The molecule has 0 saturated carbocycles. The normalized spacial score (nSPS) is 12.8. The molecule has 3 nitrogen and oxygen atoms in total. The van der Waals surface area contributed by atoms with Crippen LogP contribution < -0.4 is 0 Å². The first kappa shape index (κ1) is 12.9. The lowest BCUT2D eigenvalue weighted by atomic mass is 9.99. The van der Waals surface area contributed by atoms with Gasteiger partial charge in [-0.3, -0.25) is 9.48 Å². The van der Waals surface area contributed by atoms with Gasteiger partial charge in [-0.15, -0.1) is 0 Å². The highest BCUT2D eigenvalue weighted by molar-refractivity contribution is 5.80. The Bertz CT molecular complexity index is 355. The lowest BCUT2D eigenvalue weighted by molar-refractivity contribution is -0.119. The number of nitrogens with zero attached hydrogens (tertiary/aromatic N) is 2. The molecule has 0 aliphatic rings. The van der Waals surface area contributed by atoms with Gasteiger partial charge in [0.2, 0.25) is 0 Å². The van der Waals surface area contributed by atoms with Crippen LogP contribution in [-0.4, -0.2) is 15.6 Å². The topological polar surface area (TPSA) is 34.9 Å². The Morgan fingerprint density at radius 2 is 2.19 bits per heavy atom. The van der Waals surface area contributed by atoms with E-state index in [4.69, 9.17) is 0 Å². The largest absolute Gasteiger partial charge is 0.299 e. The Hall–Kier alpha value is -1.12. The molecule has 0 aromatic carbocycles. The van der Waals surface area contributed by atoms with Gasteiger partial charge in [0, 0.05) is 25.6 Å². The van der Waals surface area contributed by atoms with Crippen LogP contribution in [0.5, 0.6) is 0 Å². The van der Waals surface area contributed by atoms with Crippen molar-refractivity contribution >= 4 is 5.78 Å². The zero-order chi connectivity index (χ0) is 12.1. The van der Waals surface area contributed by atoms with Crippen LogP contribution >= 0.6 is 0 Å². The minimum atomic E-state index is 0.319. The number of carbonyl (C=O) groups is 1. The molecule has 3 heteroatoms. The first-order chi connectivity index (χ1) is 7.56. The summed E-state index contributed by atoms with van der Waals surface area (Å²) in [7, 11) is 1.91. The molecule has 0 aliphatic carbocycles. The number of hydrogen-bond acceptors (Lipinski definition) is 2. The van der Waals surface area contributed by atoms with Crippen LogP contribution in [0.2, 0.25) is 0 Å². The standard InChI is InChI=1S/C13H22N2O/c1-5-10(3)7-13(16)9-12-8-11(6-2)14-15(12)4/h8,10H,5-7,9H2,1-4H3. The average Bonchev–Trinajstić information content (AvgIpc) is 2.59. The molecule has 1 aromatic heterocycles. The third kappa shape index (κ3) is 3.47. The van der Waals surface area contributed by atoms with E-state index in [9.17, 15) is 4.79 Å². The predicted octanol–water partition coefficient (Wildman–Crippen LogP) is 2.53. The van der Waals surface area contributed by atoms with Gasteiger partial charge < -0.3 is 0 Å². The molecule has 0 amide bonds. The summed E-state index contributed by atoms with van der Waals surface area (Å²) in [5.74, 6) is 0.811. The van der Waals surface area contributed by atoms with E-state index < -0.39 is 0 Å². The number of ketones is 1. The fraction of sp³-hybridized carbons (Fsp3) is 0.692. The Morgan fingerprint density at radius 3 is 2.69 bits per heavy atom. The van der Waals surface area contributed by atoms with Gasteiger partial charge in [-0.25, -0.2) is 0 Å². The van der Waals surface area contributed by atoms with Gasteiger partial charge in [-0.2, -0.15) is 5.10 Å². The van der Waals surface area contributed by atoms with Crippen molar-refractivity contribution in [3.05, 3.63) is 17.5 Å². The predicted molar refractivity (Wildman–Crippen MR) is 65.4 cm³/mol. The Labute approximate surface area is 97.8 Å². The average molecular weight is 222 g/mol. The summed E-state index contributed by atoms with van der Waals surface area (Å²) in [6, 6.07) is 2.04. The molecule has 0 spiro atoms. The number of Topliss-reactive ketones (excluding diaryl/α,β-unsaturated/α-hetero) is 1. The van der Waals surface area contributed by atoms with Gasteiger partial charge in [-0.05, 0) is 18.4 Å². The van der Waals surface area contributed by atoms with Crippen LogP contribution in [-0.2, 0) is 24.7 Å². The quantitative estimate of drug-likeness (QED) is 0.741. The second kappa shape index (κ2) is 5.83. The molecule has 1 aromatic rings. The fourth-order valence-corrected chi connectivity index (χ4v) is 1.72. The molecular weight excluding hydrogens is 200 g/mol. The van der Waals surface area contributed by atoms with E-state index in [1.807, 2.05) is 17.8 Å². The van der Waals surface area contributed by atoms with Crippen LogP contribution in [0.25, 0.3) is 0 Å². The second-order valence-corrected chi connectivity index (χ2v) is 4.54. The maximum Gasteiger partial charge on any atom is 0.139 e. The molecule has 0 radical (unpaired) electrons. The zero-order valence-corrected chi connectivity index (χ0v) is 10.8. The van der Waals surface area contributed by atoms with Crippen LogP contribution in [0.15, 0.2) is 6.07 Å². The first-order valence-electron chi connectivity index (χ1n) is 6.10. The molecule has 0 fully saturated rings. The van der Waals surface area contributed by atoms with Gasteiger partial charge >= 0.3 is 0 Å². The van der Waals surface area contributed by atoms with Gasteiger partial charge in [0.15, 0.2) is 0 Å². The lowest BCUT2D eigenvalue weighted by Crippen LogP contribution is -2.10. The van der Waals surface area contributed by atoms with Crippen LogP contribution in [0.1, 0.15) is 45.0 Å². The van der Waals surface area contributed by atoms with E-state index in [1.165, 1.54) is 0 Å². The minimum Gasteiger partial charge on any atom is -0.299 e. The third-order valence-electron chi connectivity index (χ3n) is 3.04. The molecule has 0 saturated heterocycles. The molecule has 1 heterocycles. The van der Waals surface area contributed by atoms with E-state index in [2.05, 4.69) is 25.9 Å². The zero-order valence-electron chi connectivity index (χ0n) is 10.8. The molecule has 0 aliphatic heterocycles. The molecule has 1 unspecified atom stereocenters. The maximum atomic E-state index is 11.8. The van der Waals surface area contributed by atoms with Crippen molar-refractivity contribution in [2.75, 3.05) is 0 Å². The second-order valence-electron chi connectivity index (χ2n) is 4.54. The van der Waals surface area contributed by atoms with E-state index in [-0.39, 0.29) is 0 Å². The van der Waals surface area contributed by atoms with Crippen molar-refractivity contribution in [1.29, 1.82) is 0 Å². The van der Waals surface area contributed by atoms with Gasteiger partial charge in [0.05, 0.1) is 5.69 Å². The molecule has 0 N–H and O–H groups in total. The first-order valence-corrected chi connectivity index (χ1v) is 6.10. The van der Waals surface area contributed by atoms with Gasteiger partial charge in [0.1, 0.15) is 5.78 Å². The van der Waals surface area contributed by atoms with Crippen LogP contribution in [0.4, 0.5) is 0 Å². The smallest absolute Gasteiger partial charge is 0.139 e. The minimum absolute atomic E-state index is 0.319. The summed E-state index contributed by atoms with van der Waals surface area (Å²) in [5, 5.41) is 4.35. The highest BCUT2D eigenvalue weighted by atomic mass is 16.1. The third-order valence-corrected chi connectivity index (χ3v) is 3.04. The van der Waals surface area contributed by atoms with Crippen molar-refractivity contribution in [2.45, 2.75) is 46.5 Å². The lowest BCUT2D eigenvalue weighted by Gasteiger charge is -2.06. The number of rotatable bonds is 6. The van der Waals surface area contributed by atoms with Crippen molar-refractivity contribution in [3.63, 3.8) is 0 Å². The monoisotopic (exact) mass is 222 g/mol. The van der Waals surface area contributed by atoms with E-state index >= 15 is 0 Å². The molecule has 90 valence electrons. The molecule has 1 rings (SSSR count). The summed E-state index contributed by atoms with van der Waals surface area (Å²) < 4.78 is 1.83. The van der Waals surface area contributed by atoms with Crippen molar-refractivity contribution in [1.82, 2.24) is 9.78 Å². The summed E-state index contributed by atoms with van der Waals surface area (Å²) in [5.41, 5.74) is 2.10. The Kier molecular flexibility index (Phi) is 4.71. The molecular formula is C13H22N2O. The SMILES string of the molecule is CCc1cc(CC(=O)CC(C)CC)n(C)n1. The van der Waals surface area contributed by atoms with Gasteiger partial charge in [-0.1, -0.05) is 27.2 Å². The van der Waals surface area contributed by atoms with Gasteiger partial charge in [0.25, 0.3) is 0 Å². The highest BCUT2D eigenvalue weighted by Crippen LogP contribution is 2.11. The Balaban J connectivity index is 2.58. The molecule has 1 atom stereocenters. The van der Waals surface area contributed by atoms with Crippen LogP contribution in [0, 0.1) is 5.92 Å². The van der Waals surface area contributed by atoms with E-state index in [0.29, 0.717) is 24.5 Å². The number of carbonyl (C=O) groups excluding carboxylic acids is 1. The molecule has 0 bridgehead atoms. The Morgan fingerprint density at radius 1 is 1.50 bits per heavy atom. The highest BCUT2D eigenvalue weighted by Gasteiger charge is 2.11. The maximum absolute atomic E-state index is 11.8. The summed E-state index contributed by atoms with van der Waals surface area (Å²) in [6.07, 6.45) is 3.20. The van der Waals surface area contributed by atoms with Crippen molar-refractivity contribution in [3.8, 4) is 0 Å². The van der Waals surface area contributed by atoms with Crippen molar-refractivity contribution in [2.24, 2.45) is 13.0 Å². The number of aryl methyl sites for hydroxylation is 2. The van der Waals surface area contributed by atoms with E-state index in [0.717, 1.165) is 24.2 Å². The van der Waals surface area contributed by atoms with E-state index in [1.54, 1.807) is 0 Å². The number of hydrogen-bond donors (Lipinski definition) is 0.